The summed E-state index contributed by atoms with van der Waals surface area (Å²) in [5.41, 5.74) is 2.59. The predicted octanol–water partition coefficient (Wildman–Crippen LogP) is 3.20. The predicted molar refractivity (Wildman–Crippen MR) is 60.9 cm³/mol. The number of pyridine rings is 1. The summed E-state index contributed by atoms with van der Waals surface area (Å²) < 4.78 is 18.3. The van der Waals surface area contributed by atoms with Gasteiger partial charge in [0, 0.05) is 11.8 Å². The first-order valence-electron chi connectivity index (χ1n) is 4.97. The molecule has 0 fully saturated rings. The first-order valence-corrected chi connectivity index (χ1v) is 4.97. The van der Waals surface area contributed by atoms with Crippen LogP contribution in [-0.2, 0) is 0 Å². The molecule has 2 nitrogen and oxygen atoms in total. The molecule has 0 aliphatic carbocycles. The number of benzene rings is 1. The van der Waals surface area contributed by atoms with Gasteiger partial charge in [0.05, 0.1) is 12.8 Å². The molecule has 0 bridgehead atoms. The number of aromatic nitrogens is 1. The number of ether oxygens (including phenoxy) is 1. The van der Waals surface area contributed by atoms with Crippen LogP contribution in [-0.4, -0.2) is 12.1 Å². The van der Waals surface area contributed by atoms with Crippen LogP contribution in [0.2, 0.25) is 0 Å². The number of hydrogen-bond donors (Lipinski definition) is 0. The fourth-order valence-corrected chi connectivity index (χ4v) is 1.46. The van der Waals surface area contributed by atoms with Crippen LogP contribution in [0.25, 0.3) is 11.3 Å². The summed E-state index contributed by atoms with van der Waals surface area (Å²) >= 11 is 0. The second-order valence-corrected chi connectivity index (χ2v) is 3.57. The van der Waals surface area contributed by atoms with Gasteiger partial charge in [-0.3, -0.25) is 4.98 Å². The molecule has 0 spiro atoms. The van der Waals surface area contributed by atoms with Gasteiger partial charge < -0.3 is 4.74 Å². The van der Waals surface area contributed by atoms with E-state index in [1.54, 1.807) is 18.3 Å². The molecule has 0 unspecified atom stereocenters. The lowest BCUT2D eigenvalue weighted by atomic mass is 10.1. The summed E-state index contributed by atoms with van der Waals surface area (Å²) in [6, 6.07) is 8.64. The van der Waals surface area contributed by atoms with Gasteiger partial charge in [-0.05, 0) is 36.8 Å². The average Bonchev–Trinajstić information content (AvgIpc) is 2.30. The van der Waals surface area contributed by atoms with Crippen molar-refractivity contribution in [2.45, 2.75) is 6.92 Å². The molecule has 82 valence electrons. The monoisotopic (exact) mass is 217 g/mol. The van der Waals surface area contributed by atoms with Crippen LogP contribution in [0.15, 0.2) is 36.5 Å². The fraction of sp³-hybridized carbons (Fsp3) is 0.154. The van der Waals surface area contributed by atoms with Gasteiger partial charge in [0.15, 0.2) is 11.6 Å². The Balaban J connectivity index is 2.41. The smallest absolute Gasteiger partial charge is 0.165 e. The molecule has 0 aliphatic heterocycles. The van der Waals surface area contributed by atoms with E-state index < -0.39 is 0 Å². The number of nitrogens with zero attached hydrogens (tertiary/aromatic N) is 1. The fourth-order valence-electron chi connectivity index (χ4n) is 1.46. The number of hydrogen-bond acceptors (Lipinski definition) is 2. The van der Waals surface area contributed by atoms with E-state index in [0.29, 0.717) is 0 Å². The maximum Gasteiger partial charge on any atom is 0.165 e. The number of aryl methyl sites for hydroxylation is 1. The molecule has 16 heavy (non-hydrogen) atoms. The Bertz CT molecular complexity index is 494. The second-order valence-electron chi connectivity index (χ2n) is 3.57. The van der Waals surface area contributed by atoms with Crippen molar-refractivity contribution in [3.05, 3.63) is 47.9 Å². The minimum absolute atomic E-state index is 0.246. The van der Waals surface area contributed by atoms with Crippen molar-refractivity contribution >= 4 is 0 Å². The minimum Gasteiger partial charge on any atom is -0.494 e. The van der Waals surface area contributed by atoms with Gasteiger partial charge in [-0.25, -0.2) is 4.39 Å². The molecular weight excluding hydrogens is 205 g/mol. The zero-order chi connectivity index (χ0) is 11.5. The standard InChI is InChI=1S/C13H12FNO/c1-9-3-5-12(15-8-9)10-4-6-13(16-2)11(14)7-10/h3-8H,1-2H3. The van der Waals surface area contributed by atoms with E-state index in [4.69, 9.17) is 4.74 Å². The van der Waals surface area contributed by atoms with E-state index in [-0.39, 0.29) is 11.6 Å². The highest BCUT2D eigenvalue weighted by atomic mass is 19.1. The highest BCUT2D eigenvalue weighted by Crippen LogP contribution is 2.24. The molecule has 0 N–H and O–H groups in total. The minimum atomic E-state index is -0.373. The maximum atomic E-state index is 13.5. The van der Waals surface area contributed by atoms with Gasteiger partial charge in [-0.1, -0.05) is 6.07 Å². The molecule has 1 aromatic carbocycles. The van der Waals surface area contributed by atoms with Crippen LogP contribution in [0.1, 0.15) is 5.56 Å². The van der Waals surface area contributed by atoms with E-state index in [1.165, 1.54) is 13.2 Å². The van der Waals surface area contributed by atoms with Crippen LogP contribution in [0.3, 0.4) is 0 Å². The molecule has 0 aliphatic rings. The van der Waals surface area contributed by atoms with Crippen molar-refractivity contribution in [1.82, 2.24) is 4.98 Å². The zero-order valence-electron chi connectivity index (χ0n) is 9.20. The Morgan fingerprint density at radius 2 is 2.00 bits per heavy atom. The molecule has 0 saturated carbocycles. The second kappa shape index (κ2) is 4.31. The molecule has 2 rings (SSSR count). The first kappa shape index (κ1) is 10.6. The summed E-state index contributed by atoms with van der Waals surface area (Å²) in [4.78, 5) is 4.24. The molecule has 1 heterocycles. The lowest BCUT2D eigenvalue weighted by molar-refractivity contribution is 0.386. The van der Waals surface area contributed by atoms with Gasteiger partial charge in [0.1, 0.15) is 0 Å². The lowest BCUT2D eigenvalue weighted by Gasteiger charge is -2.05. The summed E-state index contributed by atoms with van der Waals surface area (Å²) in [5, 5.41) is 0. The third-order valence-corrected chi connectivity index (χ3v) is 2.36. The number of halogens is 1. The van der Waals surface area contributed by atoms with Gasteiger partial charge in [-0.2, -0.15) is 0 Å². The topological polar surface area (TPSA) is 22.1 Å². The lowest BCUT2D eigenvalue weighted by Crippen LogP contribution is -1.90. The normalized spacial score (nSPS) is 10.2. The van der Waals surface area contributed by atoms with Gasteiger partial charge in [-0.15, -0.1) is 0 Å². The van der Waals surface area contributed by atoms with E-state index in [0.717, 1.165) is 16.8 Å². The van der Waals surface area contributed by atoms with Gasteiger partial charge >= 0.3 is 0 Å². The Hall–Kier alpha value is -1.90. The quantitative estimate of drug-likeness (QED) is 0.770. The molecule has 1 aromatic heterocycles. The van der Waals surface area contributed by atoms with E-state index in [1.807, 2.05) is 19.1 Å². The van der Waals surface area contributed by atoms with Crippen molar-refractivity contribution in [3.63, 3.8) is 0 Å². The van der Waals surface area contributed by atoms with E-state index in [9.17, 15) is 4.39 Å². The molecule has 0 radical (unpaired) electrons. The highest BCUT2D eigenvalue weighted by molar-refractivity contribution is 5.60. The van der Waals surface area contributed by atoms with Crippen LogP contribution >= 0.6 is 0 Å². The van der Waals surface area contributed by atoms with Gasteiger partial charge in [0.2, 0.25) is 0 Å². The highest BCUT2D eigenvalue weighted by Gasteiger charge is 2.05. The van der Waals surface area contributed by atoms with Crippen LogP contribution < -0.4 is 4.74 Å². The largest absolute Gasteiger partial charge is 0.494 e. The summed E-state index contributed by atoms with van der Waals surface area (Å²) in [5.74, 6) is -0.127. The summed E-state index contributed by atoms with van der Waals surface area (Å²) in [6.07, 6.45) is 1.76. The van der Waals surface area contributed by atoms with Crippen molar-refractivity contribution in [3.8, 4) is 17.0 Å². The zero-order valence-corrected chi connectivity index (χ0v) is 9.20. The third-order valence-electron chi connectivity index (χ3n) is 2.36. The summed E-state index contributed by atoms with van der Waals surface area (Å²) in [7, 11) is 1.45. The average molecular weight is 217 g/mol. The molecule has 0 saturated heterocycles. The van der Waals surface area contributed by atoms with E-state index in [2.05, 4.69) is 4.98 Å². The molecule has 2 aromatic rings. The third kappa shape index (κ3) is 2.03. The van der Waals surface area contributed by atoms with Crippen molar-refractivity contribution in [2.75, 3.05) is 7.11 Å². The van der Waals surface area contributed by atoms with Crippen LogP contribution in [0, 0.1) is 12.7 Å². The van der Waals surface area contributed by atoms with E-state index >= 15 is 0 Å². The molecule has 3 heteroatoms. The number of rotatable bonds is 2. The number of methoxy groups -OCH3 is 1. The van der Waals surface area contributed by atoms with Crippen LogP contribution in [0.4, 0.5) is 4.39 Å². The molecular formula is C13H12FNO. The SMILES string of the molecule is COc1ccc(-c2ccc(C)cn2)cc1F. The Labute approximate surface area is 93.7 Å². The summed E-state index contributed by atoms with van der Waals surface area (Å²) in [6.45, 7) is 1.96. The van der Waals surface area contributed by atoms with Crippen molar-refractivity contribution in [2.24, 2.45) is 0 Å². The van der Waals surface area contributed by atoms with Crippen molar-refractivity contribution < 1.29 is 9.13 Å². The maximum absolute atomic E-state index is 13.5. The Morgan fingerprint density at radius 1 is 1.19 bits per heavy atom. The molecule has 0 atom stereocenters. The Kier molecular flexibility index (Phi) is 2.86. The van der Waals surface area contributed by atoms with Gasteiger partial charge in [0.25, 0.3) is 0 Å². The molecule has 0 amide bonds. The Morgan fingerprint density at radius 3 is 2.56 bits per heavy atom. The van der Waals surface area contributed by atoms with Crippen molar-refractivity contribution in [1.29, 1.82) is 0 Å². The van der Waals surface area contributed by atoms with Crippen LogP contribution in [0.5, 0.6) is 5.75 Å². The first-order chi connectivity index (χ1) is 7.70.